The second kappa shape index (κ2) is 6.43. The van der Waals surface area contributed by atoms with Crippen molar-refractivity contribution in [3.05, 3.63) is 11.5 Å². The van der Waals surface area contributed by atoms with Gasteiger partial charge in [-0.2, -0.15) is 5.26 Å². The van der Waals surface area contributed by atoms with Crippen LogP contribution in [0.3, 0.4) is 0 Å². The summed E-state index contributed by atoms with van der Waals surface area (Å²) in [4.78, 5) is 16.2. The van der Waals surface area contributed by atoms with E-state index in [1.165, 1.54) is 12.4 Å². The average molecular weight is 211 g/mol. The Morgan fingerprint density at radius 2 is 2.27 bits per heavy atom. The first-order valence-electron chi connectivity index (χ1n) is 4.24. The van der Waals surface area contributed by atoms with Crippen molar-refractivity contribution in [1.29, 1.82) is 5.26 Å². The number of rotatable bonds is 4. The fraction of sp³-hybridized carbons (Fsp3) is 0.444. The first kappa shape index (κ1) is 13.0. The van der Waals surface area contributed by atoms with Crippen molar-refractivity contribution < 1.29 is 14.6 Å². The van der Waals surface area contributed by atoms with Gasteiger partial charge in [0, 0.05) is 14.1 Å². The van der Waals surface area contributed by atoms with Crippen molar-refractivity contribution in [2.24, 2.45) is 4.99 Å². The third-order valence-corrected chi connectivity index (χ3v) is 1.23. The predicted octanol–water partition coefficient (Wildman–Crippen LogP) is 0.433. The molecule has 0 fully saturated rings. The molecule has 0 aromatic rings. The van der Waals surface area contributed by atoms with Crippen LogP contribution >= 0.6 is 0 Å². The lowest BCUT2D eigenvalue weighted by molar-refractivity contribution is -0.138. The molecule has 0 aliphatic rings. The standard InChI is InChI=1S/C9H13N3O3/c1-4-15-9(14)7(5-10)8(13)11-6-12(2)3/h6,13H,4H2,1-3H3/b8-7+,11-6+. The molecule has 15 heavy (non-hydrogen) atoms. The Bertz CT molecular complexity index is 326. The zero-order valence-electron chi connectivity index (χ0n) is 8.89. The number of aliphatic hydroxyl groups is 1. The molecule has 0 heterocycles. The fourth-order valence-electron chi connectivity index (χ4n) is 0.625. The van der Waals surface area contributed by atoms with E-state index < -0.39 is 17.4 Å². The van der Waals surface area contributed by atoms with Crippen molar-refractivity contribution in [3.63, 3.8) is 0 Å². The second-order valence-corrected chi connectivity index (χ2v) is 2.74. The molecule has 6 heteroatoms. The molecule has 0 rings (SSSR count). The van der Waals surface area contributed by atoms with Gasteiger partial charge in [-0.3, -0.25) is 0 Å². The zero-order valence-corrected chi connectivity index (χ0v) is 8.89. The van der Waals surface area contributed by atoms with E-state index in [0.717, 1.165) is 0 Å². The second-order valence-electron chi connectivity index (χ2n) is 2.74. The van der Waals surface area contributed by atoms with Gasteiger partial charge >= 0.3 is 5.97 Å². The van der Waals surface area contributed by atoms with Gasteiger partial charge in [-0.1, -0.05) is 0 Å². The number of aliphatic hydroxyl groups excluding tert-OH is 1. The largest absolute Gasteiger partial charge is 0.492 e. The SMILES string of the molecule is CCOC(=O)/C(C#N)=C(O)\N=C\N(C)C. The molecule has 0 spiro atoms. The van der Waals surface area contributed by atoms with Gasteiger partial charge in [0.2, 0.25) is 5.88 Å². The van der Waals surface area contributed by atoms with Crippen LogP contribution in [-0.4, -0.2) is 43.0 Å². The number of esters is 1. The number of hydrogen-bond acceptors (Lipinski definition) is 5. The molecular formula is C9H13N3O3. The van der Waals surface area contributed by atoms with Crippen LogP contribution in [0.2, 0.25) is 0 Å². The van der Waals surface area contributed by atoms with Gasteiger partial charge in [0.05, 0.1) is 12.9 Å². The summed E-state index contributed by atoms with van der Waals surface area (Å²) in [5, 5.41) is 17.9. The number of nitriles is 1. The van der Waals surface area contributed by atoms with E-state index in [-0.39, 0.29) is 6.61 Å². The number of aliphatic imine (C=N–C) groups is 1. The lowest BCUT2D eigenvalue weighted by Crippen LogP contribution is -2.11. The molecule has 0 atom stereocenters. The highest BCUT2D eigenvalue weighted by atomic mass is 16.5. The smallest absolute Gasteiger partial charge is 0.354 e. The molecule has 0 radical (unpaired) electrons. The van der Waals surface area contributed by atoms with Crippen molar-refractivity contribution in [2.75, 3.05) is 20.7 Å². The minimum absolute atomic E-state index is 0.134. The van der Waals surface area contributed by atoms with E-state index in [0.29, 0.717) is 0 Å². The summed E-state index contributed by atoms with van der Waals surface area (Å²) in [6.07, 6.45) is 1.27. The van der Waals surface area contributed by atoms with Gasteiger partial charge in [-0.05, 0) is 6.92 Å². The number of nitrogens with zero attached hydrogens (tertiary/aromatic N) is 3. The van der Waals surface area contributed by atoms with E-state index in [1.807, 2.05) is 0 Å². The van der Waals surface area contributed by atoms with Crippen LogP contribution < -0.4 is 0 Å². The number of carbonyl (C=O) groups is 1. The Balaban J connectivity index is 4.84. The van der Waals surface area contributed by atoms with Gasteiger partial charge in [-0.25, -0.2) is 9.79 Å². The maximum Gasteiger partial charge on any atom is 0.354 e. The average Bonchev–Trinajstić information content (AvgIpc) is 2.16. The maximum atomic E-state index is 11.1. The summed E-state index contributed by atoms with van der Waals surface area (Å²) in [5.41, 5.74) is -0.505. The summed E-state index contributed by atoms with van der Waals surface area (Å²) >= 11 is 0. The Labute approximate surface area is 88.1 Å². The van der Waals surface area contributed by atoms with Crippen molar-refractivity contribution >= 4 is 12.3 Å². The van der Waals surface area contributed by atoms with Crippen LogP contribution in [0, 0.1) is 11.3 Å². The molecule has 0 bridgehead atoms. The number of ether oxygens (including phenoxy) is 1. The molecule has 0 aromatic carbocycles. The number of hydrogen-bond donors (Lipinski definition) is 1. The Morgan fingerprint density at radius 3 is 2.67 bits per heavy atom. The third kappa shape index (κ3) is 4.67. The monoisotopic (exact) mass is 211 g/mol. The van der Waals surface area contributed by atoms with E-state index in [4.69, 9.17) is 5.26 Å². The highest BCUT2D eigenvalue weighted by Crippen LogP contribution is 2.04. The van der Waals surface area contributed by atoms with Crippen LogP contribution in [0.25, 0.3) is 0 Å². The fourth-order valence-corrected chi connectivity index (χ4v) is 0.625. The molecule has 0 saturated heterocycles. The van der Waals surface area contributed by atoms with Crippen LogP contribution in [0.5, 0.6) is 0 Å². The molecule has 0 aromatic heterocycles. The lowest BCUT2D eigenvalue weighted by Gasteiger charge is -2.03. The summed E-state index contributed by atoms with van der Waals surface area (Å²) in [5.74, 6) is -1.53. The molecular weight excluding hydrogens is 198 g/mol. The van der Waals surface area contributed by atoms with Gasteiger partial charge in [0.15, 0.2) is 5.57 Å². The van der Waals surface area contributed by atoms with E-state index in [2.05, 4.69) is 9.73 Å². The quantitative estimate of drug-likeness (QED) is 0.182. The normalized spacial score (nSPS) is 11.9. The van der Waals surface area contributed by atoms with Crippen LogP contribution in [0.1, 0.15) is 6.92 Å². The van der Waals surface area contributed by atoms with Gasteiger partial charge in [-0.15, -0.1) is 0 Å². The Morgan fingerprint density at radius 1 is 1.67 bits per heavy atom. The highest BCUT2D eigenvalue weighted by Gasteiger charge is 2.15. The third-order valence-electron chi connectivity index (χ3n) is 1.23. The van der Waals surface area contributed by atoms with Crippen LogP contribution in [0.4, 0.5) is 0 Å². The predicted molar refractivity (Wildman–Crippen MR) is 54.1 cm³/mol. The Hall–Kier alpha value is -2.03. The first-order valence-corrected chi connectivity index (χ1v) is 4.24. The molecule has 0 amide bonds. The van der Waals surface area contributed by atoms with Gasteiger partial charge in [0.1, 0.15) is 6.07 Å². The molecule has 0 saturated carbocycles. The first-order chi connectivity index (χ1) is 7.02. The maximum absolute atomic E-state index is 11.1. The van der Waals surface area contributed by atoms with E-state index in [1.54, 1.807) is 25.9 Å². The number of carbonyl (C=O) groups excluding carboxylic acids is 1. The minimum atomic E-state index is -0.881. The van der Waals surface area contributed by atoms with Crippen LogP contribution in [0.15, 0.2) is 16.4 Å². The molecule has 0 aliphatic heterocycles. The van der Waals surface area contributed by atoms with Gasteiger partial charge in [0.25, 0.3) is 0 Å². The molecule has 0 unspecified atom stereocenters. The lowest BCUT2D eigenvalue weighted by atomic mass is 10.3. The minimum Gasteiger partial charge on any atom is -0.492 e. The Kier molecular flexibility index (Phi) is 5.56. The molecule has 6 nitrogen and oxygen atoms in total. The zero-order chi connectivity index (χ0) is 11.8. The van der Waals surface area contributed by atoms with Crippen molar-refractivity contribution in [3.8, 4) is 6.07 Å². The van der Waals surface area contributed by atoms with E-state index in [9.17, 15) is 9.90 Å². The molecule has 82 valence electrons. The van der Waals surface area contributed by atoms with Crippen molar-refractivity contribution in [2.45, 2.75) is 6.92 Å². The topological polar surface area (TPSA) is 85.9 Å². The molecule has 1 N–H and O–H groups in total. The van der Waals surface area contributed by atoms with Crippen molar-refractivity contribution in [1.82, 2.24) is 4.90 Å². The summed E-state index contributed by atoms with van der Waals surface area (Å²) < 4.78 is 4.56. The van der Waals surface area contributed by atoms with Crippen LogP contribution in [-0.2, 0) is 9.53 Å². The highest BCUT2D eigenvalue weighted by molar-refractivity contribution is 5.93. The summed E-state index contributed by atoms with van der Waals surface area (Å²) in [7, 11) is 3.38. The van der Waals surface area contributed by atoms with E-state index >= 15 is 0 Å². The summed E-state index contributed by atoms with van der Waals surface area (Å²) in [6.45, 7) is 1.74. The van der Waals surface area contributed by atoms with Gasteiger partial charge < -0.3 is 14.7 Å². The molecule has 0 aliphatic carbocycles. The summed E-state index contributed by atoms with van der Waals surface area (Å²) in [6, 6.07) is 1.53.